The number of hydrogen-bond donors (Lipinski definition) is 1. The van der Waals surface area contributed by atoms with Crippen LogP contribution < -0.4 is 9.46 Å². The van der Waals surface area contributed by atoms with Crippen molar-refractivity contribution in [1.29, 1.82) is 0 Å². The number of amides is 1. The number of carbonyl (C=O) groups excluding carboxylic acids is 1. The Morgan fingerprint density at radius 3 is 2.41 bits per heavy atom. The Labute approximate surface area is 200 Å². The van der Waals surface area contributed by atoms with E-state index in [1.807, 2.05) is 0 Å². The van der Waals surface area contributed by atoms with E-state index in [1.54, 1.807) is 17.7 Å². The van der Waals surface area contributed by atoms with Crippen LogP contribution in [0.4, 0.5) is 8.78 Å². The van der Waals surface area contributed by atoms with Gasteiger partial charge >= 0.3 is 0 Å². The molecule has 6 nitrogen and oxygen atoms in total. The van der Waals surface area contributed by atoms with Crippen molar-refractivity contribution in [3.63, 3.8) is 0 Å². The zero-order valence-electron chi connectivity index (χ0n) is 16.3. The van der Waals surface area contributed by atoms with E-state index in [9.17, 15) is 22.0 Å². The molecule has 0 bridgehead atoms. The molecule has 1 amide bonds. The van der Waals surface area contributed by atoms with Crippen molar-refractivity contribution in [2.24, 2.45) is 0 Å². The van der Waals surface area contributed by atoms with Crippen molar-refractivity contribution in [2.75, 3.05) is 6.26 Å². The Bertz CT molecular complexity index is 1330. The molecule has 1 aromatic heterocycles. The average Bonchev–Trinajstić information content (AvgIpc) is 2.65. The Morgan fingerprint density at radius 2 is 1.81 bits per heavy atom. The first kappa shape index (κ1) is 24.4. The summed E-state index contributed by atoms with van der Waals surface area (Å²) in [5.74, 6) is -2.90. The molecule has 168 valence electrons. The van der Waals surface area contributed by atoms with Crippen LogP contribution in [-0.2, 0) is 10.0 Å². The van der Waals surface area contributed by atoms with Crippen molar-refractivity contribution >= 4 is 55.1 Å². The number of hydrogen-bond acceptors (Lipinski definition) is 5. The third-order valence-electron chi connectivity index (χ3n) is 4.09. The van der Waals surface area contributed by atoms with Crippen LogP contribution in [0.5, 0.6) is 11.6 Å². The topological polar surface area (TPSA) is 85.4 Å². The number of halogens is 5. The van der Waals surface area contributed by atoms with Gasteiger partial charge in [-0.15, -0.1) is 0 Å². The second-order valence-electron chi connectivity index (χ2n) is 6.66. The molecule has 0 unspecified atom stereocenters. The fourth-order valence-electron chi connectivity index (χ4n) is 2.73. The van der Waals surface area contributed by atoms with Crippen molar-refractivity contribution in [1.82, 2.24) is 9.71 Å². The van der Waals surface area contributed by atoms with E-state index >= 15 is 0 Å². The molecule has 0 fully saturated rings. The number of pyridine rings is 1. The van der Waals surface area contributed by atoms with E-state index in [0.29, 0.717) is 26.9 Å². The van der Waals surface area contributed by atoms with Gasteiger partial charge in [-0.2, -0.15) is 0 Å². The lowest BCUT2D eigenvalue weighted by atomic mass is 10.0. The SMILES string of the molecule is Cc1cc(Cl)cc(Cl)c1Oc1ncc(-c2cc(F)c(C(=O)NS(C)(=O)=O)cc2F)cc1Br. The molecule has 3 aromatic rings. The van der Waals surface area contributed by atoms with E-state index in [-0.39, 0.29) is 22.0 Å². The van der Waals surface area contributed by atoms with Crippen LogP contribution in [0, 0.1) is 18.6 Å². The Morgan fingerprint density at radius 1 is 1.12 bits per heavy atom. The van der Waals surface area contributed by atoms with Gasteiger partial charge in [-0.25, -0.2) is 26.9 Å². The smallest absolute Gasteiger partial charge is 0.267 e. The molecule has 0 spiro atoms. The first-order valence-corrected chi connectivity index (χ1v) is 12.1. The first-order chi connectivity index (χ1) is 14.9. The Hall–Kier alpha value is -2.27. The molecule has 0 saturated carbocycles. The maximum atomic E-state index is 14.6. The van der Waals surface area contributed by atoms with Gasteiger partial charge in [-0.1, -0.05) is 23.2 Å². The predicted octanol–water partition coefficient (Wildman–Crippen LogP) is 5.89. The summed E-state index contributed by atoms with van der Waals surface area (Å²) >= 11 is 15.4. The highest BCUT2D eigenvalue weighted by Crippen LogP contribution is 2.38. The lowest BCUT2D eigenvalue weighted by Crippen LogP contribution is -2.30. The minimum absolute atomic E-state index is 0.117. The molecule has 0 aliphatic carbocycles. The van der Waals surface area contributed by atoms with Crippen molar-refractivity contribution in [3.05, 3.63) is 73.8 Å². The molecule has 0 saturated heterocycles. The second kappa shape index (κ2) is 9.30. The summed E-state index contributed by atoms with van der Waals surface area (Å²) in [4.78, 5) is 16.0. The fraction of sp³-hybridized carbons (Fsp3) is 0.100. The highest BCUT2D eigenvalue weighted by molar-refractivity contribution is 9.10. The van der Waals surface area contributed by atoms with E-state index in [0.717, 1.165) is 12.3 Å². The van der Waals surface area contributed by atoms with Gasteiger partial charge in [0.05, 0.1) is 21.3 Å². The molecule has 32 heavy (non-hydrogen) atoms. The summed E-state index contributed by atoms with van der Waals surface area (Å²) in [6.07, 6.45) is 1.96. The third kappa shape index (κ3) is 5.55. The molecule has 0 aliphatic heterocycles. The van der Waals surface area contributed by atoms with E-state index in [1.165, 1.54) is 18.3 Å². The monoisotopic (exact) mass is 564 g/mol. The van der Waals surface area contributed by atoms with E-state index in [4.69, 9.17) is 27.9 Å². The van der Waals surface area contributed by atoms with Crippen molar-refractivity contribution in [2.45, 2.75) is 6.92 Å². The zero-order chi connectivity index (χ0) is 23.8. The Kier molecular flexibility index (Phi) is 7.09. The largest absolute Gasteiger partial charge is 0.436 e. The molecule has 0 aliphatic rings. The summed E-state index contributed by atoms with van der Waals surface area (Å²) in [6.45, 7) is 1.75. The van der Waals surface area contributed by atoms with Crippen LogP contribution >= 0.6 is 39.1 Å². The van der Waals surface area contributed by atoms with Crippen LogP contribution in [0.2, 0.25) is 10.0 Å². The summed E-state index contributed by atoms with van der Waals surface area (Å²) in [7, 11) is -3.94. The molecule has 1 N–H and O–H groups in total. The summed E-state index contributed by atoms with van der Waals surface area (Å²) in [6, 6.07) is 5.99. The maximum absolute atomic E-state index is 14.6. The summed E-state index contributed by atoms with van der Waals surface area (Å²) in [5, 5.41) is 0.706. The second-order valence-corrected chi connectivity index (χ2v) is 10.1. The van der Waals surface area contributed by atoms with E-state index in [2.05, 4.69) is 20.9 Å². The number of aryl methyl sites for hydroxylation is 1. The number of ether oxygens (including phenoxy) is 1. The molecule has 0 atom stereocenters. The predicted molar refractivity (Wildman–Crippen MR) is 121 cm³/mol. The van der Waals surface area contributed by atoms with Crippen LogP contribution in [0.25, 0.3) is 11.1 Å². The molecular weight excluding hydrogens is 553 g/mol. The van der Waals surface area contributed by atoms with Gasteiger partial charge < -0.3 is 4.74 Å². The number of sulfonamides is 1. The van der Waals surface area contributed by atoms with Crippen molar-refractivity contribution < 1.29 is 26.7 Å². The van der Waals surface area contributed by atoms with Gasteiger partial charge in [-0.3, -0.25) is 4.79 Å². The average molecular weight is 566 g/mol. The minimum Gasteiger partial charge on any atom is -0.436 e. The third-order valence-corrected chi connectivity index (χ3v) is 5.71. The molecule has 12 heteroatoms. The number of benzene rings is 2. The number of nitrogens with one attached hydrogen (secondary N) is 1. The number of carbonyl (C=O) groups is 1. The Balaban J connectivity index is 1.94. The van der Waals surface area contributed by atoms with E-state index < -0.39 is 33.1 Å². The highest BCUT2D eigenvalue weighted by Gasteiger charge is 2.20. The van der Waals surface area contributed by atoms with Gasteiger partial charge in [0, 0.05) is 22.3 Å². The molecule has 2 aromatic carbocycles. The lowest BCUT2D eigenvalue weighted by Gasteiger charge is -2.13. The quantitative estimate of drug-likeness (QED) is 0.417. The maximum Gasteiger partial charge on any atom is 0.267 e. The van der Waals surface area contributed by atoms with Gasteiger partial charge in [0.15, 0.2) is 5.75 Å². The summed E-state index contributed by atoms with van der Waals surface area (Å²) in [5.41, 5.74) is -0.110. The minimum atomic E-state index is -3.94. The van der Waals surface area contributed by atoms with Crippen LogP contribution in [0.15, 0.2) is 41.0 Å². The van der Waals surface area contributed by atoms with Gasteiger partial charge in [0.25, 0.3) is 5.91 Å². The standard InChI is InChI=1S/C20H13BrCl2F2N2O4S/c1-9-3-11(22)5-15(23)18(9)31-20-14(21)4-10(8-26-20)12-6-17(25)13(7-16(12)24)19(28)27-32(2,29)30/h3-8H,1-2H3,(H,27,28). The van der Waals surface area contributed by atoms with Crippen molar-refractivity contribution in [3.8, 4) is 22.8 Å². The van der Waals surface area contributed by atoms with Crippen LogP contribution in [0.3, 0.4) is 0 Å². The molecular formula is C20H13BrCl2F2N2O4S. The van der Waals surface area contributed by atoms with Crippen LogP contribution in [-0.4, -0.2) is 25.6 Å². The first-order valence-electron chi connectivity index (χ1n) is 8.66. The molecule has 1 heterocycles. The fourth-order valence-corrected chi connectivity index (χ4v) is 4.24. The highest BCUT2D eigenvalue weighted by atomic mass is 79.9. The molecule has 3 rings (SSSR count). The lowest BCUT2D eigenvalue weighted by molar-refractivity contribution is 0.0977. The van der Waals surface area contributed by atoms with Crippen LogP contribution in [0.1, 0.15) is 15.9 Å². The van der Waals surface area contributed by atoms with Gasteiger partial charge in [0.2, 0.25) is 15.9 Å². The normalized spacial score (nSPS) is 11.3. The number of aromatic nitrogens is 1. The van der Waals surface area contributed by atoms with Gasteiger partial charge in [0.1, 0.15) is 11.6 Å². The van der Waals surface area contributed by atoms with Gasteiger partial charge in [-0.05, 0) is 58.7 Å². The number of nitrogens with zero attached hydrogens (tertiary/aromatic N) is 1. The zero-order valence-corrected chi connectivity index (χ0v) is 20.3. The number of rotatable bonds is 5. The summed E-state index contributed by atoms with van der Waals surface area (Å²) < 4.78 is 59.0. The molecule has 0 radical (unpaired) electrons.